The third kappa shape index (κ3) is 2.22. The molecule has 1 fully saturated rings. The van der Waals surface area contributed by atoms with Gasteiger partial charge in [-0.1, -0.05) is 12.1 Å². The molecule has 1 aliphatic rings. The number of urea groups is 1. The van der Waals surface area contributed by atoms with Gasteiger partial charge in [0.15, 0.2) is 0 Å². The van der Waals surface area contributed by atoms with Crippen molar-refractivity contribution in [2.75, 3.05) is 19.3 Å². The van der Waals surface area contributed by atoms with E-state index in [1.807, 2.05) is 0 Å². The Bertz CT molecular complexity index is 570. The second kappa shape index (κ2) is 4.60. The Morgan fingerprint density at radius 1 is 1.42 bits per heavy atom. The summed E-state index contributed by atoms with van der Waals surface area (Å²) in [5.41, 5.74) is 5.99. The second-order valence-corrected chi connectivity index (χ2v) is 4.31. The molecule has 0 unspecified atom stereocenters. The lowest BCUT2D eigenvalue weighted by Crippen LogP contribution is -2.31. The van der Waals surface area contributed by atoms with E-state index in [1.54, 1.807) is 12.1 Å². The van der Waals surface area contributed by atoms with Crippen LogP contribution in [0.4, 0.5) is 10.5 Å². The first kappa shape index (κ1) is 12.9. The summed E-state index contributed by atoms with van der Waals surface area (Å²) in [5, 5.41) is 9.13. The number of anilines is 1. The van der Waals surface area contributed by atoms with Gasteiger partial charge in [0, 0.05) is 12.7 Å². The first-order valence-corrected chi connectivity index (χ1v) is 5.58. The van der Waals surface area contributed by atoms with E-state index < -0.39 is 12.0 Å². The number of nitrogens with zero attached hydrogens (tertiary/aromatic N) is 2. The summed E-state index contributed by atoms with van der Waals surface area (Å²) in [6.45, 7) is -0.0851. The van der Waals surface area contributed by atoms with E-state index in [1.165, 1.54) is 18.0 Å². The molecule has 1 aromatic rings. The molecule has 2 rings (SSSR count). The van der Waals surface area contributed by atoms with Crippen molar-refractivity contribution in [3.05, 3.63) is 29.3 Å². The van der Waals surface area contributed by atoms with E-state index >= 15 is 0 Å². The maximum absolute atomic E-state index is 11.7. The fourth-order valence-electron chi connectivity index (χ4n) is 2.01. The van der Waals surface area contributed by atoms with Gasteiger partial charge >= 0.3 is 12.0 Å². The van der Waals surface area contributed by atoms with Gasteiger partial charge in [0.1, 0.15) is 6.54 Å². The third-order valence-corrected chi connectivity index (χ3v) is 2.96. The van der Waals surface area contributed by atoms with Crippen LogP contribution in [0.15, 0.2) is 18.2 Å². The summed E-state index contributed by atoms with van der Waals surface area (Å²) in [5.74, 6) is -1.54. The van der Waals surface area contributed by atoms with Crippen LogP contribution in [0, 0.1) is 0 Å². The standard InChI is InChI=1S/C12H13N3O4/c1-14-6-9(16)15(12(14)19)5-7-3-2-4-8(13)10(7)11(17)18/h2-4H,5-6,13H2,1H3,(H,17,18). The maximum atomic E-state index is 11.7. The number of carboxylic acid groups (broad SMARTS) is 1. The highest BCUT2D eigenvalue weighted by molar-refractivity contribution is 6.02. The van der Waals surface area contributed by atoms with Crippen molar-refractivity contribution in [2.45, 2.75) is 6.54 Å². The highest BCUT2D eigenvalue weighted by atomic mass is 16.4. The lowest BCUT2D eigenvalue weighted by atomic mass is 10.1. The Labute approximate surface area is 109 Å². The summed E-state index contributed by atoms with van der Waals surface area (Å²) in [6, 6.07) is 4.15. The third-order valence-electron chi connectivity index (χ3n) is 2.96. The molecule has 0 saturated carbocycles. The number of aromatic carboxylic acids is 1. The molecule has 19 heavy (non-hydrogen) atoms. The molecular formula is C12H13N3O4. The molecule has 1 aromatic carbocycles. The molecule has 3 N–H and O–H groups in total. The maximum Gasteiger partial charge on any atom is 0.338 e. The van der Waals surface area contributed by atoms with E-state index in [-0.39, 0.29) is 30.2 Å². The fraction of sp³-hybridized carbons (Fsp3) is 0.250. The topological polar surface area (TPSA) is 104 Å². The Balaban J connectivity index is 2.34. The minimum Gasteiger partial charge on any atom is -0.478 e. The van der Waals surface area contributed by atoms with Gasteiger partial charge in [0.25, 0.3) is 5.91 Å². The SMILES string of the molecule is CN1CC(=O)N(Cc2cccc(N)c2C(=O)O)C1=O. The van der Waals surface area contributed by atoms with Gasteiger partial charge in [-0.3, -0.25) is 9.69 Å². The zero-order chi connectivity index (χ0) is 14.2. The first-order valence-electron chi connectivity index (χ1n) is 5.58. The van der Waals surface area contributed by atoms with Crippen molar-refractivity contribution >= 4 is 23.6 Å². The molecule has 7 heteroatoms. The summed E-state index contributed by atoms with van der Waals surface area (Å²) >= 11 is 0. The number of rotatable bonds is 3. The number of carboxylic acids is 1. The number of carbonyl (C=O) groups is 3. The van der Waals surface area contributed by atoms with E-state index in [4.69, 9.17) is 10.8 Å². The van der Waals surface area contributed by atoms with E-state index in [2.05, 4.69) is 0 Å². The second-order valence-electron chi connectivity index (χ2n) is 4.31. The van der Waals surface area contributed by atoms with Crippen molar-refractivity contribution in [2.24, 2.45) is 0 Å². The molecule has 100 valence electrons. The zero-order valence-electron chi connectivity index (χ0n) is 10.3. The molecule has 0 aliphatic carbocycles. The van der Waals surface area contributed by atoms with Gasteiger partial charge in [-0.05, 0) is 11.6 Å². The van der Waals surface area contributed by atoms with Gasteiger partial charge in [-0.2, -0.15) is 0 Å². The molecule has 1 saturated heterocycles. The molecule has 3 amide bonds. The fourth-order valence-corrected chi connectivity index (χ4v) is 2.01. The van der Waals surface area contributed by atoms with E-state index in [0.717, 1.165) is 4.90 Å². The van der Waals surface area contributed by atoms with Crippen molar-refractivity contribution in [3.63, 3.8) is 0 Å². The highest BCUT2D eigenvalue weighted by Gasteiger charge is 2.34. The number of imide groups is 1. The van der Waals surface area contributed by atoms with E-state index in [9.17, 15) is 14.4 Å². The highest BCUT2D eigenvalue weighted by Crippen LogP contribution is 2.21. The van der Waals surface area contributed by atoms with Crippen LogP contribution in [0.3, 0.4) is 0 Å². The van der Waals surface area contributed by atoms with Crippen LogP contribution in [0.25, 0.3) is 0 Å². The Kier molecular flexibility index (Phi) is 3.12. The van der Waals surface area contributed by atoms with Crippen molar-refractivity contribution in [3.8, 4) is 0 Å². The van der Waals surface area contributed by atoms with Crippen LogP contribution in [-0.4, -0.2) is 46.4 Å². The molecule has 0 bridgehead atoms. The van der Waals surface area contributed by atoms with Crippen molar-refractivity contribution < 1.29 is 19.5 Å². The van der Waals surface area contributed by atoms with Crippen LogP contribution in [0.2, 0.25) is 0 Å². The molecule has 0 aromatic heterocycles. The van der Waals surface area contributed by atoms with E-state index in [0.29, 0.717) is 5.56 Å². The van der Waals surface area contributed by atoms with Crippen LogP contribution in [0.1, 0.15) is 15.9 Å². The van der Waals surface area contributed by atoms with Gasteiger partial charge in [-0.15, -0.1) is 0 Å². The van der Waals surface area contributed by atoms with Crippen LogP contribution in [-0.2, 0) is 11.3 Å². The number of nitrogen functional groups attached to an aromatic ring is 1. The van der Waals surface area contributed by atoms with Crippen LogP contribution >= 0.6 is 0 Å². The number of hydrogen-bond acceptors (Lipinski definition) is 4. The molecule has 0 atom stereocenters. The van der Waals surface area contributed by atoms with Gasteiger partial charge in [0.2, 0.25) is 0 Å². The lowest BCUT2D eigenvalue weighted by molar-refractivity contribution is -0.125. The zero-order valence-corrected chi connectivity index (χ0v) is 10.3. The molecule has 1 aliphatic heterocycles. The van der Waals surface area contributed by atoms with Gasteiger partial charge in [-0.25, -0.2) is 9.59 Å². The predicted molar refractivity (Wildman–Crippen MR) is 66.4 cm³/mol. The summed E-state index contributed by atoms with van der Waals surface area (Å²) in [6.07, 6.45) is 0. The number of hydrogen-bond donors (Lipinski definition) is 2. The van der Waals surface area contributed by atoms with Crippen molar-refractivity contribution in [1.29, 1.82) is 0 Å². The van der Waals surface area contributed by atoms with Gasteiger partial charge < -0.3 is 15.7 Å². The molecule has 0 radical (unpaired) electrons. The Morgan fingerprint density at radius 2 is 2.11 bits per heavy atom. The summed E-state index contributed by atoms with van der Waals surface area (Å²) in [7, 11) is 1.51. The van der Waals surface area contributed by atoms with Gasteiger partial charge in [0.05, 0.1) is 12.1 Å². The average Bonchev–Trinajstić information content (AvgIpc) is 2.55. The molecule has 7 nitrogen and oxygen atoms in total. The number of likely N-dealkylation sites (N-methyl/N-ethyl adjacent to an activating group) is 1. The molecule has 0 spiro atoms. The van der Waals surface area contributed by atoms with Crippen LogP contribution < -0.4 is 5.73 Å². The molecular weight excluding hydrogens is 250 g/mol. The average molecular weight is 263 g/mol. The number of carbonyl (C=O) groups excluding carboxylic acids is 2. The Morgan fingerprint density at radius 3 is 2.63 bits per heavy atom. The normalized spacial score (nSPS) is 15.2. The minimum absolute atomic E-state index is 0.00353. The number of amides is 3. The first-order chi connectivity index (χ1) is 8.91. The minimum atomic E-state index is -1.18. The number of nitrogens with two attached hydrogens (primary N) is 1. The Hall–Kier alpha value is -2.57. The lowest BCUT2D eigenvalue weighted by Gasteiger charge is -2.16. The predicted octanol–water partition coefficient (Wildman–Crippen LogP) is 0.361. The van der Waals surface area contributed by atoms with Crippen LogP contribution in [0.5, 0.6) is 0 Å². The van der Waals surface area contributed by atoms with Crippen molar-refractivity contribution in [1.82, 2.24) is 9.80 Å². The largest absolute Gasteiger partial charge is 0.478 e. The summed E-state index contributed by atoms with van der Waals surface area (Å²) in [4.78, 5) is 36.8. The molecule has 1 heterocycles. The quantitative estimate of drug-likeness (QED) is 0.605. The smallest absolute Gasteiger partial charge is 0.338 e. The monoisotopic (exact) mass is 263 g/mol. The number of benzene rings is 1. The summed E-state index contributed by atoms with van der Waals surface area (Å²) < 4.78 is 0.